The minimum atomic E-state index is -4.36. The number of hydrogen-bond donors (Lipinski definition) is 1. The summed E-state index contributed by atoms with van der Waals surface area (Å²) in [7, 11) is -0.161. The molecule has 0 spiro atoms. The largest absolute Gasteiger partial charge is 0.467 e. The van der Waals surface area contributed by atoms with E-state index in [2.05, 4.69) is 0 Å². The van der Waals surface area contributed by atoms with Crippen LogP contribution in [-0.2, 0) is 33.9 Å². The molecule has 0 fully saturated rings. The van der Waals surface area contributed by atoms with Crippen LogP contribution in [0.4, 0.5) is 4.39 Å². The Kier molecular flexibility index (Phi) is 5.25. The van der Waals surface area contributed by atoms with Crippen LogP contribution < -0.4 is 5.73 Å². The summed E-state index contributed by atoms with van der Waals surface area (Å²) >= 11 is 5.98. The number of carbonyl (C=O) groups is 1. The maximum absolute atomic E-state index is 13.9. The van der Waals surface area contributed by atoms with Crippen molar-refractivity contribution in [3.63, 3.8) is 0 Å². The molecule has 0 saturated heterocycles. The van der Waals surface area contributed by atoms with Crippen LogP contribution in [0.5, 0.6) is 0 Å². The first-order valence-corrected chi connectivity index (χ1v) is 10.4. The van der Waals surface area contributed by atoms with Crippen LogP contribution in [0.1, 0.15) is 11.1 Å². The lowest BCUT2D eigenvalue weighted by atomic mass is 9.65. The third-order valence-electron chi connectivity index (χ3n) is 4.93. The van der Waals surface area contributed by atoms with Crippen LogP contribution in [0.25, 0.3) is 0 Å². The number of rotatable bonds is 5. The van der Waals surface area contributed by atoms with Crippen LogP contribution in [0, 0.1) is 5.82 Å². The van der Waals surface area contributed by atoms with E-state index in [1.165, 1.54) is 35.7 Å². The summed E-state index contributed by atoms with van der Waals surface area (Å²) in [6.45, 7) is 0. The van der Waals surface area contributed by atoms with Gasteiger partial charge >= 0.3 is 10.1 Å². The molecule has 1 atom stereocenters. The third-order valence-corrected chi connectivity index (χ3v) is 7.19. The van der Waals surface area contributed by atoms with E-state index >= 15 is 0 Å². The van der Waals surface area contributed by atoms with E-state index in [1.807, 2.05) is 0 Å². The van der Waals surface area contributed by atoms with Crippen molar-refractivity contribution in [2.45, 2.75) is 10.0 Å². The maximum Gasteiger partial charge on any atom is 0.304 e. The molecule has 0 amide bonds. The minimum Gasteiger partial charge on any atom is -0.467 e. The van der Waals surface area contributed by atoms with Gasteiger partial charge in [-0.3, -0.25) is 4.79 Å². The Bertz CT molecular complexity index is 1130. The molecule has 12 heteroatoms. The van der Waals surface area contributed by atoms with Crippen LogP contribution in [0.3, 0.4) is 0 Å². The fourth-order valence-electron chi connectivity index (χ4n) is 2.97. The van der Waals surface area contributed by atoms with Crippen molar-refractivity contribution >= 4 is 51.0 Å². The lowest BCUT2D eigenvalue weighted by Gasteiger charge is -2.26. The number of ketones is 1. The molecule has 2 aromatic rings. The summed E-state index contributed by atoms with van der Waals surface area (Å²) in [4.78, 5) is 13.0. The predicted molar refractivity (Wildman–Crippen MR) is 114 cm³/mol. The first-order chi connectivity index (χ1) is 13.4. The minimum absolute atomic E-state index is 0.00503. The van der Waals surface area contributed by atoms with Crippen LogP contribution in [-0.4, -0.2) is 37.7 Å². The third kappa shape index (κ3) is 3.42. The Morgan fingerprint density at radius 2 is 1.76 bits per heavy atom. The lowest BCUT2D eigenvalue weighted by Crippen LogP contribution is -2.40. The van der Waals surface area contributed by atoms with E-state index in [9.17, 15) is 17.6 Å². The zero-order chi connectivity index (χ0) is 21.6. The van der Waals surface area contributed by atoms with Crippen molar-refractivity contribution in [3.05, 3.63) is 82.1 Å². The summed E-state index contributed by atoms with van der Waals surface area (Å²) in [6, 6.07) is 12.2. The smallest absolute Gasteiger partial charge is 0.304 e. The number of hydrogen-bond acceptors (Lipinski definition) is 6. The Morgan fingerprint density at radius 1 is 1.14 bits per heavy atom. The molecular formula is C17H16B3ClFNO5S. The molecule has 29 heavy (non-hydrogen) atoms. The molecular weight excluding hydrogens is 417 g/mol. The molecule has 2 aromatic carbocycles. The molecule has 1 heterocycles. The molecule has 2 N–H and O–H groups in total. The molecule has 6 nitrogen and oxygen atoms in total. The second-order valence-electron chi connectivity index (χ2n) is 7.17. The molecule has 1 aliphatic rings. The van der Waals surface area contributed by atoms with E-state index in [1.54, 1.807) is 30.3 Å². The van der Waals surface area contributed by atoms with Crippen LogP contribution in [0.15, 0.2) is 60.2 Å². The second-order valence-corrected chi connectivity index (χ2v) is 9.65. The molecule has 0 radical (unpaired) electrons. The van der Waals surface area contributed by atoms with Crippen molar-refractivity contribution in [3.8, 4) is 0 Å². The average molecular weight is 433 g/mol. The Labute approximate surface area is 175 Å². The van der Waals surface area contributed by atoms with Crippen molar-refractivity contribution in [1.29, 1.82) is 0 Å². The molecule has 0 unspecified atom stereocenters. The van der Waals surface area contributed by atoms with Gasteiger partial charge < -0.3 is 14.7 Å². The number of benzene rings is 2. The Balaban J connectivity index is 1.97. The molecule has 148 valence electrons. The van der Waals surface area contributed by atoms with Crippen molar-refractivity contribution in [2.75, 3.05) is 0 Å². The van der Waals surface area contributed by atoms with Crippen molar-refractivity contribution in [1.82, 2.24) is 0 Å². The number of halogens is 2. The zero-order valence-corrected chi connectivity index (χ0v) is 17.5. The summed E-state index contributed by atoms with van der Waals surface area (Å²) in [6.07, 6.45) is 0. The molecule has 0 aromatic heterocycles. The van der Waals surface area contributed by atoms with E-state index in [4.69, 9.17) is 26.3 Å². The standard InChI is InChI=1S/C17H16B3ClFNO5S/c18-16(10-7-4-8-11(22)12(10)21)14(24)13(15(23)27-16)28-29(25,26)17(19,20)9-5-2-1-3-6-9/h1-8H,18-20,23H2/t16-/m1/s1. The normalized spacial score (nSPS) is 19.9. The summed E-state index contributed by atoms with van der Waals surface area (Å²) < 4.78 is 48.9. The highest BCUT2D eigenvalue weighted by molar-refractivity contribution is 7.90. The molecule has 3 rings (SSSR count). The van der Waals surface area contributed by atoms with Crippen LogP contribution in [0.2, 0.25) is 5.02 Å². The summed E-state index contributed by atoms with van der Waals surface area (Å²) in [5, 5.41) is -0.329. The van der Waals surface area contributed by atoms with Gasteiger partial charge in [-0.15, -0.1) is 0 Å². The average Bonchev–Trinajstić information content (AvgIpc) is 2.88. The van der Waals surface area contributed by atoms with Crippen molar-refractivity contribution < 1.29 is 26.5 Å². The predicted octanol–water partition coefficient (Wildman–Crippen LogP) is -0.585. The van der Waals surface area contributed by atoms with Gasteiger partial charge in [0.15, 0.2) is 13.3 Å². The molecule has 1 aliphatic heterocycles. The van der Waals surface area contributed by atoms with Gasteiger partial charge in [0.25, 0.3) is 0 Å². The topological polar surface area (TPSA) is 95.7 Å². The lowest BCUT2D eigenvalue weighted by molar-refractivity contribution is -0.126. The van der Waals surface area contributed by atoms with Crippen LogP contribution >= 0.6 is 11.6 Å². The fraction of sp³-hybridized carbons (Fsp3) is 0.118. The van der Waals surface area contributed by atoms with Gasteiger partial charge in [-0.25, -0.2) is 4.39 Å². The second kappa shape index (κ2) is 7.14. The number of carbonyl (C=O) groups excluding carboxylic acids is 1. The van der Waals surface area contributed by atoms with E-state index in [0.29, 0.717) is 5.56 Å². The van der Waals surface area contributed by atoms with Gasteiger partial charge in [0.1, 0.15) is 21.5 Å². The highest BCUT2D eigenvalue weighted by Gasteiger charge is 2.51. The maximum atomic E-state index is 13.9. The van der Waals surface area contributed by atoms with E-state index < -0.39 is 43.4 Å². The van der Waals surface area contributed by atoms with Gasteiger partial charge in [0.2, 0.25) is 17.4 Å². The number of Topliss-reactive ketones (excluding diaryl/α,β-unsaturated/α-hetero) is 1. The summed E-state index contributed by atoms with van der Waals surface area (Å²) in [5.74, 6) is -2.83. The number of ether oxygens (including phenoxy) is 1. The number of nitrogens with two attached hydrogens (primary N) is 1. The molecule has 0 saturated carbocycles. The first kappa shape index (κ1) is 21.3. The van der Waals surface area contributed by atoms with Gasteiger partial charge in [0, 0.05) is 5.56 Å². The highest BCUT2D eigenvalue weighted by Crippen LogP contribution is 2.40. The van der Waals surface area contributed by atoms with Gasteiger partial charge in [-0.2, -0.15) is 8.42 Å². The quantitative estimate of drug-likeness (QED) is 0.501. The Hall–Kier alpha value is -2.39. The SMILES string of the molecule is BC(B)(c1ccccc1)S(=O)(=O)OC1=C(N)O[C@](B)(c2cccc(F)c2Cl)C1=O. The molecule has 0 bridgehead atoms. The Morgan fingerprint density at radius 3 is 2.38 bits per heavy atom. The fourth-order valence-corrected chi connectivity index (χ4v) is 4.28. The zero-order valence-electron chi connectivity index (χ0n) is 15.9. The first-order valence-electron chi connectivity index (χ1n) is 8.59. The van der Waals surface area contributed by atoms with Crippen molar-refractivity contribution in [2.24, 2.45) is 5.73 Å². The monoisotopic (exact) mass is 433 g/mol. The van der Waals surface area contributed by atoms with Gasteiger partial charge in [-0.05, 0) is 11.6 Å². The van der Waals surface area contributed by atoms with E-state index in [0.717, 1.165) is 6.07 Å². The van der Waals surface area contributed by atoms with Gasteiger partial charge in [0.05, 0.1) is 9.57 Å². The van der Waals surface area contributed by atoms with E-state index in [-0.39, 0.29) is 10.6 Å². The van der Waals surface area contributed by atoms with Gasteiger partial charge in [-0.1, -0.05) is 54.1 Å². The highest BCUT2D eigenvalue weighted by atomic mass is 35.5. The molecule has 0 aliphatic carbocycles. The summed E-state index contributed by atoms with van der Waals surface area (Å²) in [5.41, 5.74) is 4.41.